The van der Waals surface area contributed by atoms with E-state index in [4.69, 9.17) is 4.74 Å². The van der Waals surface area contributed by atoms with E-state index in [1.54, 1.807) is 20.8 Å². The van der Waals surface area contributed by atoms with Crippen LogP contribution in [0.1, 0.15) is 59.4 Å². The molecule has 12 heteroatoms. The van der Waals surface area contributed by atoms with Crippen molar-refractivity contribution < 1.29 is 35.9 Å². The molecule has 1 heterocycles. The van der Waals surface area contributed by atoms with Crippen LogP contribution in [0.3, 0.4) is 0 Å². The van der Waals surface area contributed by atoms with E-state index in [-0.39, 0.29) is 49.2 Å². The summed E-state index contributed by atoms with van der Waals surface area (Å²) in [5, 5.41) is 5.74. The maximum absolute atomic E-state index is 13.1. The minimum atomic E-state index is -4.64. The van der Waals surface area contributed by atoms with E-state index < -0.39 is 44.4 Å². The number of carbonyl (C=O) groups excluding carboxylic acids is 2. The third kappa shape index (κ3) is 7.37. The van der Waals surface area contributed by atoms with Crippen molar-refractivity contribution in [2.75, 3.05) is 13.1 Å². The topological polar surface area (TPSA) is 105 Å². The van der Waals surface area contributed by atoms with Gasteiger partial charge < -0.3 is 15.4 Å². The maximum Gasteiger partial charge on any atom is 0.416 e. The monoisotopic (exact) mass is 547 g/mol. The van der Waals surface area contributed by atoms with Crippen molar-refractivity contribution in [3.8, 4) is 0 Å². The first kappa shape index (κ1) is 29.2. The molecule has 4 atom stereocenters. The fourth-order valence-electron chi connectivity index (χ4n) is 4.96. The highest BCUT2D eigenvalue weighted by atomic mass is 32.2. The van der Waals surface area contributed by atoms with Gasteiger partial charge in [-0.15, -0.1) is 0 Å². The second kappa shape index (κ2) is 10.8. The van der Waals surface area contributed by atoms with Gasteiger partial charge in [-0.05, 0) is 69.6 Å². The third-order valence-corrected chi connectivity index (χ3v) is 8.71. The fraction of sp³-hybridized carbons (Fsp3) is 0.680. The molecule has 1 aromatic rings. The maximum atomic E-state index is 13.1. The molecule has 0 bridgehead atoms. The van der Waals surface area contributed by atoms with E-state index in [0.29, 0.717) is 18.9 Å². The first-order chi connectivity index (χ1) is 17.0. The molecule has 0 spiro atoms. The normalized spacial score (nSPS) is 23.5. The van der Waals surface area contributed by atoms with Gasteiger partial charge in [-0.25, -0.2) is 13.2 Å². The minimum Gasteiger partial charge on any atom is -0.444 e. The van der Waals surface area contributed by atoms with Gasteiger partial charge in [0, 0.05) is 31.6 Å². The molecule has 2 fully saturated rings. The Morgan fingerprint density at radius 2 is 1.81 bits per heavy atom. The van der Waals surface area contributed by atoms with Gasteiger partial charge in [0.05, 0.1) is 10.5 Å². The molecule has 0 radical (unpaired) electrons. The summed E-state index contributed by atoms with van der Waals surface area (Å²) in [7, 11) is -4.11. The van der Waals surface area contributed by atoms with Crippen LogP contribution >= 0.6 is 0 Å². The molecule has 3 rings (SSSR count). The number of benzene rings is 1. The Kier molecular flexibility index (Phi) is 8.53. The van der Waals surface area contributed by atoms with Crippen molar-refractivity contribution in [2.24, 2.45) is 17.8 Å². The summed E-state index contributed by atoms with van der Waals surface area (Å²) in [5.41, 5.74) is -1.69. The van der Waals surface area contributed by atoms with E-state index >= 15 is 0 Å². The molecule has 2 amide bonds. The van der Waals surface area contributed by atoms with Crippen LogP contribution in [0.4, 0.5) is 18.0 Å². The average molecular weight is 548 g/mol. The molecule has 208 valence electrons. The molecule has 1 saturated carbocycles. The largest absolute Gasteiger partial charge is 0.444 e. The van der Waals surface area contributed by atoms with Crippen LogP contribution < -0.4 is 10.6 Å². The average Bonchev–Trinajstić information content (AvgIpc) is 3.34. The van der Waals surface area contributed by atoms with Crippen LogP contribution in [-0.2, 0) is 25.7 Å². The lowest BCUT2D eigenvalue weighted by atomic mass is 9.97. The highest BCUT2D eigenvalue weighted by molar-refractivity contribution is 7.89. The van der Waals surface area contributed by atoms with Crippen molar-refractivity contribution in [1.29, 1.82) is 0 Å². The van der Waals surface area contributed by atoms with Gasteiger partial charge in [0.15, 0.2) is 0 Å². The van der Waals surface area contributed by atoms with Gasteiger partial charge in [0.25, 0.3) is 0 Å². The number of alkyl halides is 3. The van der Waals surface area contributed by atoms with Crippen LogP contribution in [-0.4, -0.2) is 55.5 Å². The van der Waals surface area contributed by atoms with Gasteiger partial charge in [0.2, 0.25) is 15.9 Å². The molecule has 2 N–H and O–H groups in total. The fourth-order valence-corrected chi connectivity index (χ4v) is 6.54. The van der Waals surface area contributed by atoms with E-state index in [1.165, 1.54) is 10.4 Å². The minimum absolute atomic E-state index is 0.00616. The third-order valence-electron chi connectivity index (χ3n) is 6.88. The van der Waals surface area contributed by atoms with Crippen LogP contribution in [0.2, 0.25) is 0 Å². The molecule has 2 aliphatic rings. The Labute approximate surface area is 216 Å². The number of halogens is 3. The molecule has 1 aliphatic heterocycles. The molecule has 1 aromatic carbocycles. The summed E-state index contributed by atoms with van der Waals surface area (Å²) >= 11 is 0. The zero-order valence-electron chi connectivity index (χ0n) is 21.8. The first-order valence-corrected chi connectivity index (χ1v) is 13.9. The predicted octanol–water partition coefficient (Wildman–Crippen LogP) is 4.16. The molecule has 0 unspecified atom stereocenters. The summed E-state index contributed by atoms with van der Waals surface area (Å²) in [5.74, 6) is -0.429. The summed E-state index contributed by atoms with van der Waals surface area (Å²) in [6.45, 7) is 9.33. The van der Waals surface area contributed by atoms with Crippen LogP contribution in [0, 0.1) is 17.8 Å². The number of hydrogen-bond donors (Lipinski definition) is 2. The number of carbonyl (C=O) groups is 2. The van der Waals surface area contributed by atoms with Crippen molar-refractivity contribution in [3.63, 3.8) is 0 Å². The first-order valence-electron chi connectivity index (χ1n) is 12.4. The number of amides is 2. The molecule has 8 nitrogen and oxygen atoms in total. The van der Waals surface area contributed by atoms with Gasteiger partial charge >= 0.3 is 12.3 Å². The Balaban J connectivity index is 1.63. The second-order valence-electron chi connectivity index (χ2n) is 11.2. The lowest BCUT2D eigenvalue weighted by molar-refractivity contribution is -0.137. The highest BCUT2D eigenvalue weighted by Crippen LogP contribution is 2.41. The van der Waals surface area contributed by atoms with Crippen LogP contribution in [0.25, 0.3) is 0 Å². The highest BCUT2D eigenvalue weighted by Gasteiger charge is 2.47. The Morgan fingerprint density at radius 3 is 2.41 bits per heavy atom. The van der Waals surface area contributed by atoms with Crippen molar-refractivity contribution in [2.45, 2.75) is 82.6 Å². The Morgan fingerprint density at radius 1 is 1.14 bits per heavy atom. The van der Waals surface area contributed by atoms with Crippen LogP contribution in [0.5, 0.6) is 0 Å². The van der Waals surface area contributed by atoms with Crippen LogP contribution in [0.15, 0.2) is 29.2 Å². The van der Waals surface area contributed by atoms with Gasteiger partial charge in [-0.2, -0.15) is 17.5 Å². The molecule has 1 saturated heterocycles. The number of nitrogens with zero attached hydrogens (tertiary/aromatic N) is 1. The quantitative estimate of drug-likeness (QED) is 0.534. The number of rotatable bonds is 7. The summed E-state index contributed by atoms with van der Waals surface area (Å²) in [6, 6.07) is 3.05. The Hall–Kier alpha value is -2.34. The van der Waals surface area contributed by atoms with Gasteiger partial charge in [0.1, 0.15) is 5.60 Å². The number of sulfonamides is 1. The lowest BCUT2D eigenvalue weighted by Crippen LogP contribution is -2.46. The van der Waals surface area contributed by atoms with Crippen molar-refractivity contribution in [3.05, 3.63) is 29.8 Å². The van der Waals surface area contributed by atoms with Crippen molar-refractivity contribution >= 4 is 22.0 Å². The number of nitrogens with one attached hydrogen (secondary N) is 2. The smallest absolute Gasteiger partial charge is 0.416 e. The zero-order valence-corrected chi connectivity index (χ0v) is 22.6. The van der Waals surface area contributed by atoms with Gasteiger partial charge in [-0.3, -0.25) is 4.79 Å². The van der Waals surface area contributed by atoms with E-state index in [9.17, 15) is 31.2 Å². The molecular formula is C25H36F3N3O5S. The molecule has 37 heavy (non-hydrogen) atoms. The molecule has 0 aromatic heterocycles. The summed E-state index contributed by atoms with van der Waals surface area (Å²) in [6.07, 6.45) is -3.82. The number of alkyl carbamates (subject to hydrolysis) is 1. The summed E-state index contributed by atoms with van der Waals surface area (Å²) in [4.78, 5) is 24.6. The van der Waals surface area contributed by atoms with E-state index in [1.807, 2.05) is 13.8 Å². The van der Waals surface area contributed by atoms with Gasteiger partial charge in [-0.1, -0.05) is 19.9 Å². The number of fused-ring (bicyclic) bond motifs is 1. The summed E-state index contributed by atoms with van der Waals surface area (Å²) < 4.78 is 72.0. The zero-order chi connectivity index (χ0) is 27.8. The Bertz CT molecular complexity index is 1100. The molecule has 1 aliphatic carbocycles. The molecular weight excluding hydrogens is 511 g/mol. The second-order valence-corrected chi connectivity index (χ2v) is 13.2. The number of hydrogen-bond acceptors (Lipinski definition) is 5. The standard InChI is InChI=1S/C25H36F3N3O5S/c1-15(2)21(30-23(33)36-24(3,4)5)12-22(32)29-20-10-9-16-13-31(14-19(16)20)37(34,35)18-8-6-7-17(11-18)25(26,27)28/h6-8,11,15-16,19-21H,9-10,12-14H2,1-5H3,(H,29,32)(H,30,33)/t16-,19+,20+,21-/m1/s1. The predicted molar refractivity (Wildman–Crippen MR) is 131 cm³/mol. The van der Waals surface area contributed by atoms with E-state index in [2.05, 4.69) is 10.6 Å². The van der Waals surface area contributed by atoms with Crippen molar-refractivity contribution in [1.82, 2.24) is 14.9 Å². The lowest BCUT2D eigenvalue weighted by Gasteiger charge is -2.27. The van der Waals surface area contributed by atoms with E-state index in [0.717, 1.165) is 12.1 Å². The SMILES string of the molecule is CC(C)[C@@H](CC(=O)N[C@H]1CC[C@@H]2CN(S(=O)(=O)c3cccc(C(F)(F)F)c3)C[C@@H]21)NC(=O)OC(C)(C)C. The number of ether oxygens (including phenoxy) is 1.